The first-order valence-corrected chi connectivity index (χ1v) is 7.93. The zero-order chi connectivity index (χ0) is 13.9. The van der Waals surface area contributed by atoms with E-state index in [1.54, 1.807) is 0 Å². The molecule has 0 bridgehead atoms. The summed E-state index contributed by atoms with van der Waals surface area (Å²) in [5.74, 6) is 0.700. The first-order valence-electron chi connectivity index (χ1n) is 7.14. The first-order chi connectivity index (χ1) is 9.72. The number of pyridine rings is 1. The molecule has 0 saturated heterocycles. The molecule has 1 fully saturated rings. The molecule has 3 heteroatoms. The number of rotatable bonds is 4. The van der Waals surface area contributed by atoms with E-state index in [1.807, 2.05) is 18.5 Å². The Hall–Kier alpha value is -1.19. The third-order valence-electron chi connectivity index (χ3n) is 4.13. The Balaban J connectivity index is 1.54. The minimum atomic E-state index is 0.372. The molecular formula is C17H19BrN2. The van der Waals surface area contributed by atoms with Crippen molar-refractivity contribution in [3.05, 3.63) is 64.4 Å². The first kappa shape index (κ1) is 13.8. The third kappa shape index (κ3) is 3.10. The van der Waals surface area contributed by atoms with Crippen LogP contribution in [-0.2, 0) is 0 Å². The maximum atomic E-state index is 4.18. The summed E-state index contributed by atoms with van der Waals surface area (Å²) >= 11 is 3.55. The van der Waals surface area contributed by atoms with Gasteiger partial charge in [0.25, 0.3) is 0 Å². The Kier molecular flexibility index (Phi) is 4.18. The second-order valence-corrected chi connectivity index (χ2v) is 6.51. The Morgan fingerprint density at radius 1 is 1.25 bits per heavy atom. The molecule has 0 radical (unpaired) electrons. The number of hydrogen-bond acceptors (Lipinski definition) is 2. The zero-order valence-electron chi connectivity index (χ0n) is 11.6. The van der Waals surface area contributed by atoms with Gasteiger partial charge in [0.2, 0.25) is 0 Å². The van der Waals surface area contributed by atoms with Crippen molar-refractivity contribution in [2.75, 3.05) is 0 Å². The fourth-order valence-electron chi connectivity index (χ4n) is 2.87. The van der Waals surface area contributed by atoms with Crippen molar-refractivity contribution >= 4 is 15.9 Å². The minimum absolute atomic E-state index is 0.372. The summed E-state index contributed by atoms with van der Waals surface area (Å²) in [6, 6.07) is 13.8. The normalized spacial score (nSPS) is 23.1. The van der Waals surface area contributed by atoms with Gasteiger partial charge in [0.1, 0.15) is 0 Å². The lowest BCUT2D eigenvalue weighted by Gasteiger charge is -2.38. The molecule has 0 aliphatic heterocycles. The van der Waals surface area contributed by atoms with Crippen LogP contribution < -0.4 is 5.32 Å². The second kappa shape index (κ2) is 6.06. The van der Waals surface area contributed by atoms with E-state index in [-0.39, 0.29) is 0 Å². The molecule has 2 nitrogen and oxygen atoms in total. The molecule has 1 saturated carbocycles. The molecule has 1 aliphatic rings. The Bertz CT molecular complexity index is 564. The lowest BCUT2D eigenvalue weighted by molar-refractivity contribution is 0.270. The fraction of sp³-hybridized carbons (Fsp3) is 0.353. The van der Waals surface area contributed by atoms with Crippen LogP contribution in [0, 0.1) is 0 Å². The molecule has 0 amide bonds. The van der Waals surface area contributed by atoms with Gasteiger partial charge in [-0.25, -0.2) is 0 Å². The van der Waals surface area contributed by atoms with E-state index in [4.69, 9.17) is 0 Å². The number of hydrogen-bond donors (Lipinski definition) is 1. The molecule has 1 N–H and O–H groups in total. The Morgan fingerprint density at radius 2 is 2.10 bits per heavy atom. The predicted molar refractivity (Wildman–Crippen MR) is 85.7 cm³/mol. The summed E-state index contributed by atoms with van der Waals surface area (Å²) in [6.45, 7) is 2.21. The van der Waals surface area contributed by atoms with Crippen LogP contribution in [0.15, 0.2) is 53.3 Å². The Labute approximate surface area is 128 Å². The molecule has 3 rings (SSSR count). The van der Waals surface area contributed by atoms with E-state index >= 15 is 0 Å². The van der Waals surface area contributed by atoms with Gasteiger partial charge in [-0.2, -0.15) is 0 Å². The van der Waals surface area contributed by atoms with Gasteiger partial charge < -0.3 is 5.32 Å². The number of nitrogens with zero attached hydrogens (tertiary/aromatic N) is 1. The van der Waals surface area contributed by atoms with Crippen molar-refractivity contribution in [3.63, 3.8) is 0 Å². The standard InChI is InChI=1S/C17H19BrN2/c1-12(14-5-3-7-19-11-14)20-17-9-15(10-17)13-4-2-6-16(18)8-13/h2-8,11-12,15,17,20H,9-10H2,1H3/t12-,15?,17?/m1/s1. The molecule has 1 atom stereocenters. The van der Waals surface area contributed by atoms with Gasteiger partial charge in [0, 0.05) is 29.0 Å². The van der Waals surface area contributed by atoms with E-state index < -0.39 is 0 Å². The van der Waals surface area contributed by atoms with Crippen LogP contribution in [-0.4, -0.2) is 11.0 Å². The number of benzene rings is 1. The summed E-state index contributed by atoms with van der Waals surface area (Å²) < 4.78 is 1.18. The van der Waals surface area contributed by atoms with Crippen molar-refractivity contribution < 1.29 is 0 Å². The maximum absolute atomic E-state index is 4.18. The van der Waals surface area contributed by atoms with Crippen LogP contribution >= 0.6 is 15.9 Å². The molecule has 2 aromatic rings. The molecule has 0 spiro atoms. The van der Waals surface area contributed by atoms with E-state index in [1.165, 1.54) is 28.4 Å². The molecule has 1 aromatic heterocycles. The van der Waals surface area contributed by atoms with E-state index in [9.17, 15) is 0 Å². The average Bonchev–Trinajstić information content (AvgIpc) is 2.43. The van der Waals surface area contributed by atoms with Crippen LogP contribution in [0.4, 0.5) is 0 Å². The lowest BCUT2D eigenvalue weighted by atomic mass is 9.75. The van der Waals surface area contributed by atoms with Crippen molar-refractivity contribution in [1.82, 2.24) is 10.3 Å². The topological polar surface area (TPSA) is 24.9 Å². The molecular weight excluding hydrogens is 312 g/mol. The number of halogens is 1. The number of aromatic nitrogens is 1. The van der Waals surface area contributed by atoms with Gasteiger partial charge in [-0.3, -0.25) is 4.98 Å². The van der Waals surface area contributed by atoms with Crippen LogP contribution in [0.2, 0.25) is 0 Å². The highest BCUT2D eigenvalue weighted by molar-refractivity contribution is 9.10. The molecule has 1 aromatic carbocycles. The summed E-state index contributed by atoms with van der Waals surface area (Å²) in [5, 5.41) is 3.70. The molecule has 0 unspecified atom stereocenters. The van der Waals surface area contributed by atoms with Gasteiger partial charge >= 0.3 is 0 Å². The van der Waals surface area contributed by atoms with Crippen LogP contribution in [0.5, 0.6) is 0 Å². The summed E-state index contributed by atoms with van der Waals surface area (Å²) in [6.07, 6.45) is 6.22. The van der Waals surface area contributed by atoms with Gasteiger partial charge in [-0.1, -0.05) is 34.1 Å². The fourth-order valence-corrected chi connectivity index (χ4v) is 3.29. The lowest BCUT2D eigenvalue weighted by Crippen LogP contribution is -2.41. The Morgan fingerprint density at radius 3 is 2.80 bits per heavy atom. The molecule has 104 valence electrons. The van der Waals surface area contributed by atoms with E-state index in [0.717, 1.165) is 0 Å². The highest BCUT2D eigenvalue weighted by Crippen LogP contribution is 2.38. The highest BCUT2D eigenvalue weighted by Gasteiger charge is 2.31. The second-order valence-electron chi connectivity index (χ2n) is 5.59. The van der Waals surface area contributed by atoms with Gasteiger partial charge in [0.05, 0.1) is 0 Å². The summed E-state index contributed by atoms with van der Waals surface area (Å²) in [7, 11) is 0. The zero-order valence-corrected chi connectivity index (χ0v) is 13.2. The molecule has 1 aliphatic carbocycles. The summed E-state index contributed by atoms with van der Waals surface area (Å²) in [4.78, 5) is 4.18. The van der Waals surface area contributed by atoms with E-state index in [0.29, 0.717) is 18.0 Å². The van der Waals surface area contributed by atoms with Crippen LogP contribution in [0.25, 0.3) is 0 Å². The number of nitrogens with one attached hydrogen (secondary N) is 1. The smallest absolute Gasteiger partial charge is 0.0315 e. The molecule has 1 heterocycles. The van der Waals surface area contributed by atoms with Crippen molar-refractivity contribution in [1.29, 1.82) is 0 Å². The quantitative estimate of drug-likeness (QED) is 0.896. The third-order valence-corrected chi connectivity index (χ3v) is 4.62. The highest BCUT2D eigenvalue weighted by atomic mass is 79.9. The minimum Gasteiger partial charge on any atom is -0.307 e. The van der Waals surface area contributed by atoms with Crippen LogP contribution in [0.3, 0.4) is 0 Å². The predicted octanol–water partition coefficient (Wildman–Crippen LogP) is 4.44. The van der Waals surface area contributed by atoms with Gasteiger partial charge in [-0.05, 0) is 55.0 Å². The van der Waals surface area contributed by atoms with Crippen molar-refractivity contribution in [2.24, 2.45) is 0 Å². The monoisotopic (exact) mass is 330 g/mol. The summed E-state index contributed by atoms with van der Waals surface area (Å²) in [5.41, 5.74) is 2.71. The van der Waals surface area contributed by atoms with Gasteiger partial charge in [0.15, 0.2) is 0 Å². The molecule has 20 heavy (non-hydrogen) atoms. The SMILES string of the molecule is C[C@@H](NC1CC(c2cccc(Br)c2)C1)c1cccnc1. The average molecular weight is 331 g/mol. The van der Waals surface area contributed by atoms with Crippen molar-refractivity contribution in [2.45, 2.75) is 37.8 Å². The largest absolute Gasteiger partial charge is 0.307 e. The van der Waals surface area contributed by atoms with Crippen molar-refractivity contribution in [3.8, 4) is 0 Å². The van der Waals surface area contributed by atoms with Gasteiger partial charge in [-0.15, -0.1) is 0 Å². The van der Waals surface area contributed by atoms with E-state index in [2.05, 4.69) is 63.5 Å². The van der Waals surface area contributed by atoms with Crippen LogP contribution in [0.1, 0.15) is 42.9 Å². The maximum Gasteiger partial charge on any atom is 0.0315 e.